The lowest BCUT2D eigenvalue weighted by Gasteiger charge is -2.58. The summed E-state index contributed by atoms with van der Waals surface area (Å²) in [6.07, 6.45) is 4.16. The molecule has 2 aliphatic rings. The minimum atomic E-state index is -0.570. The molecule has 10 nitrogen and oxygen atoms in total. The Hall–Kier alpha value is -2.20. The number of carbonyl (C=O) groups excluding carboxylic acids is 4. The van der Waals surface area contributed by atoms with E-state index in [2.05, 4.69) is 69.2 Å². The molecule has 2 aliphatic heterocycles. The zero-order chi connectivity index (χ0) is 35.3. The average molecular weight is 641 g/mol. The quantitative estimate of drug-likeness (QED) is 0.253. The first-order valence-electron chi connectivity index (χ1n) is 16.8. The van der Waals surface area contributed by atoms with Gasteiger partial charge in [0.15, 0.2) is 0 Å². The van der Waals surface area contributed by atoms with Crippen LogP contribution in [0.4, 0.5) is 0 Å². The number of carbonyl (C=O) groups is 4. The summed E-state index contributed by atoms with van der Waals surface area (Å²) in [5.41, 5.74) is -2.06. The van der Waals surface area contributed by atoms with Crippen molar-refractivity contribution in [2.24, 2.45) is 17.3 Å². The van der Waals surface area contributed by atoms with Gasteiger partial charge in [0.1, 0.15) is 12.2 Å². The first kappa shape index (κ1) is 40.8. The second-order valence-electron chi connectivity index (χ2n) is 15.2. The van der Waals surface area contributed by atoms with Gasteiger partial charge in [0.05, 0.1) is 27.6 Å². The Bertz CT molecular complexity index is 1060. The molecule has 0 bridgehead atoms. The standard InChI is InChI=1S/C19H35NO4.C16H29NO4/c1-10-18(8)12-15(23-14(4)21)13(3)19(9,11-2)20(18)24-16(22)17(5,6)7;1-8-15(6)10-14(20-12(4)18)11(3)16(7,9-2)17(15)21-13(5)19/h13,15H,10-12H2,1-9H3;11,14H,8-10H2,1-7H3. The van der Waals surface area contributed by atoms with Crippen LogP contribution in [0.1, 0.15) is 149 Å². The number of hydrogen-bond acceptors (Lipinski definition) is 10. The van der Waals surface area contributed by atoms with Gasteiger partial charge in [-0.2, -0.15) is 0 Å². The van der Waals surface area contributed by atoms with Gasteiger partial charge >= 0.3 is 23.9 Å². The Morgan fingerprint density at radius 1 is 0.622 bits per heavy atom. The molecule has 2 fully saturated rings. The number of esters is 2. The molecule has 0 aromatic carbocycles. The van der Waals surface area contributed by atoms with E-state index in [4.69, 9.17) is 19.1 Å². The summed E-state index contributed by atoms with van der Waals surface area (Å²) >= 11 is 0. The lowest BCUT2D eigenvalue weighted by molar-refractivity contribution is -0.304. The van der Waals surface area contributed by atoms with Crippen LogP contribution in [-0.4, -0.2) is 68.4 Å². The summed E-state index contributed by atoms with van der Waals surface area (Å²) in [5, 5.41) is 3.76. The van der Waals surface area contributed by atoms with Crippen LogP contribution < -0.4 is 0 Å². The van der Waals surface area contributed by atoms with Gasteiger partial charge in [0, 0.05) is 45.4 Å². The predicted octanol–water partition coefficient (Wildman–Crippen LogP) is 7.18. The molecular weight excluding hydrogens is 576 g/mol. The fourth-order valence-electron chi connectivity index (χ4n) is 6.79. The van der Waals surface area contributed by atoms with Crippen LogP contribution in [0.3, 0.4) is 0 Å². The Kier molecular flexibility index (Phi) is 13.7. The van der Waals surface area contributed by atoms with Crippen LogP contribution in [-0.2, 0) is 38.3 Å². The Morgan fingerprint density at radius 2 is 0.956 bits per heavy atom. The SMILES string of the molecule is CCC1(C)CC(OC(C)=O)C(C)C(C)(CC)N1OC(=O)C(C)(C)C.CCC1(C)CC(OC(C)=O)C(C)C(C)(CC)N1OC(C)=O. The van der Waals surface area contributed by atoms with Crippen LogP contribution in [0.5, 0.6) is 0 Å². The summed E-state index contributed by atoms with van der Waals surface area (Å²) in [7, 11) is 0. The van der Waals surface area contributed by atoms with Gasteiger partial charge in [-0.25, -0.2) is 4.79 Å². The first-order chi connectivity index (χ1) is 20.4. The van der Waals surface area contributed by atoms with E-state index in [9.17, 15) is 19.2 Å². The van der Waals surface area contributed by atoms with Crippen molar-refractivity contribution < 1.29 is 38.3 Å². The van der Waals surface area contributed by atoms with Gasteiger partial charge in [-0.15, -0.1) is 10.1 Å². The van der Waals surface area contributed by atoms with Gasteiger partial charge < -0.3 is 19.1 Å². The number of piperidine rings is 2. The molecule has 0 aromatic heterocycles. The van der Waals surface area contributed by atoms with E-state index in [0.29, 0.717) is 12.8 Å². The van der Waals surface area contributed by atoms with Crippen molar-refractivity contribution in [3.63, 3.8) is 0 Å². The highest BCUT2D eigenvalue weighted by Gasteiger charge is 2.57. The maximum Gasteiger partial charge on any atom is 0.330 e. The van der Waals surface area contributed by atoms with Crippen molar-refractivity contribution >= 4 is 23.9 Å². The molecule has 0 N–H and O–H groups in total. The fraction of sp³-hybridized carbons (Fsp3) is 0.886. The third kappa shape index (κ3) is 8.99. The Balaban J connectivity index is 0.000000454. The molecule has 10 heteroatoms. The normalized spacial score (nSPS) is 35.8. The molecular formula is C35H64N2O8. The molecule has 0 aliphatic carbocycles. The molecule has 0 amide bonds. The monoisotopic (exact) mass is 640 g/mol. The van der Waals surface area contributed by atoms with Crippen LogP contribution in [0, 0.1) is 17.3 Å². The van der Waals surface area contributed by atoms with Gasteiger partial charge in [0.2, 0.25) is 0 Å². The topological polar surface area (TPSA) is 112 Å². The zero-order valence-electron chi connectivity index (χ0n) is 31.2. The molecule has 8 atom stereocenters. The molecule has 0 aromatic rings. The van der Waals surface area contributed by atoms with Gasteiger partial charge in [-0.05, 0) is 74.1 Å². The fourth-order valence-corrected chi connectivity index (χ4v) is 6.79. The van der Waals surface area contributed by atoms with E-state index in [-0.39, 0.29) is 64.5 Å². The largest absolute Gasteiger partial charge is 0.462 e. The molecule has 2 rings (SSSR count). The van der Waals surface area contributed by atoms with E-state index in [1.807, 2.05) is 30.9 Å². The zero-order valence-corrected chi connectivity index (χ0v) is 31.2. The summed E-state index contributed by atoms with van der Waals surface area (Å²) in [6, 6.07) is 0. The molecule has 0 spiro atoms. The number of hydrogen-bond donors (Lipinski definition) is 0. The van der Waals surface area contributed by atoms with Crippen molar-refractivity contribution in [2.45, 2.75) is 184 Å². The molecule has 0 saturated carbocycles. The number of hydroxylamine groups is 4. The van der Waals surface area contributed by atoms with Crippen LogP contribution in [0.2, 0.25) is 0 Å². The van der Waals surface area contributed by atoms with E-state index in [1.54, 1.807) is 0 Å². The molecule has 0 radical (unpaired) electrons. The van der Waals surface area contributed by atoms with Crippen molar-refractivity contribution in [1.29, 1.82) is 0 Å². The first-order valence-corrected chi connectivity index (χ1v) is 16.8. The number of ether oxygens (including phenoxy) is 2. The molecule has 2 saturated heterocycles. The van der Waals surface area contributed by atoms with Crippen LogP contribution in [0.25, 0.3) is 0 Å². The highest BCUT2D eigenvalue weighted by Crippen LogP contribution is 2.48. The van der Waals surface area contributed by atoms with Gasteiger partial charge in [0.25, 0.3) is 0 Å². The highest BCUT2D eigenvalue weighted by molar-refractivity contribution is 5.75. The summed E-state index contributed by atoms with van der Waals surface area (Å²) in [6.45, 7) is 30.6. The van der Waals surface area contributed by atoms with Crippen LogP contribution in [0.15, 0.2) is 0 Å². The summed E-state index contributed by atoms with van der Waals surface area (Å²) in [5.74, 6) is -0.940. The van der Waals surface area contributed by atoms with E-state index in [0.717, 1.165) is 25.7 Å². The minimum absolute atomic E-state index is 0.0544. The maximum atomic E-state index is 12.6. The molecule has 2 heterocycles. The van der Waals surface area contributed by atoms with E-state index < -0.39 is 11.0 Å². The average Bonchev–Trinajstić information content (AvgIpc) is 2.94. The summed E-state index contributed by atoms with van der Waals surface area (Å²) in [4.78, 5) is 58.5. The predicted molar refractivity (Wildman–Crippen MR) is 174 cm³/mol. The molecule has 262 valence electrons. The van der Waals surface area contributed by atoms with Crippen molar-refractivity contribution in [3.05, 3.63) is 0 Å². The van der Waals surface area contributed by atoms with Crippen molar-refractivity contribution in [2.75, 3.05) is 0 Å². The second-order valence-corrected chi connectivity index (χ2v) is 15.2. The lowest BCUT2D eigenvalue weighted by Crippen LogP contribution is -2.68. The molecule has 45 heavy (non-hydrogen) atoms. The van der Waals surface area contributed by atoms with Gasteiger partial charge in [-0.1, -0.05) is 41.5 Å². The summed E-state index contributed by atoms with van der Waals surface area (Å²) < 4.78 is 11.2. The second kappa shape index (κ2) is 15.1. The van der Waals surface area contributed by atoms with Crippen molar-refractivity contribution in [1.82, 2.24) is 10.1 Å². The third-order valence-corrected chi connectivity index (χ3v) is 10.9. The highest BCUT2D eigenvalue weighted by atomic mass is 16.7. The maximum absolute atomic E-state index is 12.6. The Labute approximate surface area is 273 Å². The lowest BCUT2D eigenvalue weighted by atomic mass is 9.69. The molecule has 8 unspecified atom stereocenters. The van der Waals surface area contributed by atoms with E-state index >= 15 is 0 Å². The Morgan fingerprint density at radius 3 is 1.20 bits per heavy atom. The number of nitrogens with zero attached hydrogens (tertiary/aromatic N) is 2. The van der Waals surface area contributed by atoms with E-state index in [1.165, 1.54) is 20.8 Å². The van der Waals surface area contributed by atoms with Gasteiger partial charge in [-0.3, -0.25) is 14.4 Å². The minimum Gasteiger partial charge on any atom is -0.462 e. The third-order valence-electron chi connectivity index (χ3n) is 10.9. The number of rotatable bonds is 8. The van der Waals surface area contributed by atoms with Crippen LogP contribution >= 0.6 is 0 Å². The smallest absolute Gasteiger partial charge is 0.330 e. The van der Waals surface area contributed by atoms with Crippen molar-refractivity contribution in [3.8, 4) is 0 Å².